The SMILES string of the molecule is [CH2]CC(CCCN(C)C)S(=O)(=O)O. The third-order valence-electron chi connectivity index (χ3n) is 1.87. The molecule has 79 valence electrons. The van der Waals surface area contributed by atoms with Crippen LogP contribution in [0.3, 0.4) is 0 Å². The molecule has 0 aliphatic carbocycles. The lowest BCUT2D eigenvalue weighted by atomic mass is 10.2. The number of hydrogen-bond donors (Lipinski definition) is 1. The molecular weight excluding hydrogens is 190 g/mol. The van der Waals surface area contributed by atoms with Crippen LogP contribution in [-0.4, -0.2) is 43.8 Å². The van der Waals surface area contributed by atoms with Crippen molar-refractivity contribution in [2.75, 3.05) is 20.6 Å². The maximum absolute atomic E-state index is 10.7. The maximum Gasteiger partial charge on any atom is 0.267 e. The fourth-order valence-corrected chi connectivity index (χ4v) is 1.84. The summed E-state index contributed by atoms with van der Waals surface area (Å²) in [5.41, 5.74) is 0. The van der Waals surface area contributed by atoms with E-state index < -0.39 is 15.4 Å². The van der Waals surface area contributed by atoms with Gasteiger partial charge in [0.25, 0.3) is 10.1 Å². The smallest absolute Gasteiger partial charge is 0.267 e. The quantitative estimate of drug-likeness (QED) is 0.656. The van der Waals surface area contributed by atoms with Gasteiger partial charge in [0.15, 0.2) is 0 Å². The molecule has 1 N–H and O–H groups in total. The molecule has 1 atom stereocenters. The fraction of sp³-hybridized carbons (Fsp3) is 0.875. The maximum atomic E-state index is 10.7. The van der Waals surface area contributed by atoms with E-state index in [0.29, 0.717) is 6.42 Å². The van der Waals surface area contributed by atoms with Crippen LogP contribution in [0, 0.1) is 6.92 Å². The lowest BCUT2D eigenvalue weighted by Crippen LogP contribution is -2.22. The Hall–Kier alpha value is -0.130. The highest BCUT2D eigenvalue weighted by Crippen LogP contribution is 2.10. The van der Waals surface area contributed by atoms with Crippen LogP contribution in [0.15, 0.2) is 0 Å². The van der Waals surface area contributed by atoms with E-state index in [1.165, 1.54) is 0 Å². The van der Waals surface area contributed by atoms with Crippen LogP contribution >= 0.6 is 0 Å². The first-order valence-corrected chi connectivity index (χ1v) is 5.78. The molecule has 0 fully saturated rings. The topological polar surface area (TPSA) is 57.6 Å². The van der Waals surface area contributed by atoms with Gasteiger partial charge < -0.3 is 4.90 Å². The van der Waals surface area contributed by atoms with Gasteiger partial charge in [-0.2, -0.15) is 8.42 Å². The summed E-state index contributed by atoms with van der Waals surface area (Å²) in [4.78, 5) is 1.98. The molecule has 0 saturated carbocycles. The van der Waals surface area contributed by atoms with Gasteiger partial charge in [0, 0.05) is 0 Å². The molecule has 13 heavy (non-hydrogen) atoms. The molecule has 5 heteroatoms. The fourth-order valence-electron chi connectivity index (χ4n) is 1.08. The Morgan fingerprint density at radius 3 is 2.31 bits per heavy atom. The minimum atomic E-state index is -3.89. The van der Waals surface area contributed by atoms with Crippen LogP contribution < -0.4 is 0 Å². The van der Waals surface area contributed by atoms with Crippen molar-refractivity contribution in [2.24, 2.45) is 0 Å². The van der Waals surface area contributed by atoms with E-state index in [2.05, 4.69) is 6.92 Å². The highest BCUT2D eigenvalue weighted by molar-refractivity contribution is 7.86. The molecule has 1 radical (unpaired) electrons. The van der Waals surface area contributed by atoms with Crippen molar-refractivity contribution in [2.45, 2.75) is 24.5 Å². The molecule has 0 aliphatic rings. The van der Waals surface area contributed by atoms with Crippen molar-refractivity contribution in [3.05, 3.63) is 6.92 Å². The van der Waals surface area contributed by atoms with Crippen molar-refractivity contribution in [1.29, 1.82) is 0 Å². The standard InChI is InChI=1S/C8H18NO3S/c1-4-8(13(10,11)12)6-5-7-9(2)3/h8H,1,4-7H2,2-3H3,(H,10,11,12). The second-order valence-electron chi connectivity index (χ2n) is 3.37. The summed E-state index contributed by atoms with van der Waals surface area (Å²) in [5, 5.41) is -0.701. The second-order valence-corrected chi connectivity index (χ2v) is 5.07. The van der Waals surface area contributed by atoms with Crippen molar-refractivity contribution in [3.8, 4) is 0 Å². The highest BCUT2D eigenvalue weighted by Gasteiger charge is 2.19. The van der Waals surface area contributed by atoms with Gasteiger partial charge >= 0.3 is 0 Å². The molecular formula is C8H18NO3S. The summed E-state index contributed by atoms with van der Waals surface area (Å²) in [6.45, 7) is 4.32. The van der Waals surface area contributed by atoms with Gasteiger partial charge in [-0.15, -0.1) is 0 Å². The predicted molar refractivity (Wildman–Crippen MR) is 53.1 cm³/mol. The molecule has 0 spiro atoms. The summed E-state index contributed by atoms with van der Waals surface area (Å²) in [7, 11) is -0.0474. The third-order valence-corrected chi connectivity index (χ3v) is 3.19. The summed E-state index contributed by atoms with van der Waals surface area (Å²) in [6, 6.07) is 0. The minimum absolute atomic E-state index is 0.228. The van der Waals surface area contributed by atoms with E-state index >= 15 is 0 Å². The summed E-state index contributed by atoms with van der Waals surface area (Å²) >= 11 is 0. The monoisotopic (exact) mass is 208 g/mol. The van der Waals surface area contributed by atoms with Crippen LogP contribution in [0.4, 0.5) is 0 Å². The molecule has 0 aromatic heterocycles. The molecule has 1 unspecified atom stereocenters. The van der Waals surface area contributed by atoms with Gasteiger partial charge in [0.05, 0.1) is 5.25 Å². The molecule has 0 bridgehead atoms. The second kappa shape index (κ2) is 5.57. The average molecular weight is 208 g/mol. The van der Waals surface area contributed by atoms with Gasteiger partial charge in [-0.05, 0) is 39.9 Å². The van der Waals surface area contributed by atoms with Gasteiger partial charge in [0.2, 0.25) is 0 Å². The zero-order valence-electron chi connectivity index (χ0n) is 8.23. The zero-order valence-corrected chi connectivity index (χ0v) is 9.05. The Labute approximate surface area is 80.7 Å². The van der Waals surface area contributed by atoms with E-state index in [0.717, 1.165) is 13.0 Å². The van der Waals surface area contributed by atoms with Gasteiger partial charge in [-0.25, -0.2) is 0 Å². The average Bonchev–Trinajstić information content (AvgIpc) is 1.95. The molecule has 0 heterocycles. The van der Waals surface area contributed by atoms with Gasteiger partial charge in [-0.3, -0.25) is 4.55 Å². The number of hydrogen-bond acceptors (Lipinski definition) is 3. The molecule has 0 rings (SSSR count). The summed E-state index contributed by atoms with van der Waals surface area (Å²) in [6.07, 6.45) is 1.46. The summed E-state index contributed by atoms with van der Waals surface area (Å²) in [5.74, 6) is 0. The van der Waals surface area contributed by atoms with Gasteiger partial charge in [0.1, 0.15) is 0 Å². The molecule has 4 nitrogen and oxygen atoms in total. The Bertz CT molecular complexity index is 224. The zero-order chi connectivity index (χ0) is 10.5. The molecule has 0 aromatic rings. The lowest BCUT2D eigenvalue weighted by molar-refractivity contribution is 0.386. The Balaban J connectivity index is 3.88. The van der Waals surface area contributed by atoms with Crippen molar-refractivity contribution in [3.63, 3.8) is 0 Å². The molecule has 0 aliphatic heterocycles. The van der Waals surface area contributed by atoms with E-state index in [1.54, 1.807) is 0 Å². The first kappa shape index (κ1) is 12.9. The van der Waals surface area contributed by atoms with Crippen LogP contribution in [0.2, 0.25) is 0 Å². The molecule has 0 aromatic carbocycles. The molecule has 0 saturated heterocycles. The van der Waals surface area contributed by atoms with Crippen LogP contribution in [0.25, 0.3) is 0 Å². The van der Waals surface area contributed by atoms with Crippen LogP contribution in [-0.2, 0) is 10.1 Å². The van der Waals surface area contributed by atoms with E-state index in [-0.39, 0.29) is 6.42 Å². The Morgan fingerprint density at radius 1 is 1.46 bits per heavy atom. The Kier molecular flexibility index (Phi) is 5.51. The number of rotatable bonds is 6. The van der Waals surface area contributed by atoms with Crippen LogP contribution in [0.1, 0.15) is 19.3 Å². The number of nitrogens with zero attached hydrogens (tertiary/aromatic N) is 1. The first-order chi connectivity index (χ1) is 5.88. The Morgan fingerprint density at radius 2 is 2.00 bits per heavy atom. The van der Waals surface area contributed by atoms with E-state index in [4.69, 9.17) is 4.55 Å². The van der Waals surface area contributed by atoms with E-state index in [1.807, 2.05) is 19.0 Å². The first-order valence-electron chi connectivity index (χ1n) is 4.28. The predicted octanol–water partition coefficient (Wildman–Crippen LogP) is 0.809. The van der Waals surface area contributed by atoms with Gasteiger partial charge in [-0.1, -0.05) is 6.92 Å². The minimum Gasteiger partial charge on any atom is -0.309 e. The van der Waals surface area contributed by atoms with Crippen molar-refractivity contribution in [1.82, 2.24) is 4.90 Å². The van der Waals surface area contributed by atoms with Crippen molar-refractivity contribution < 1.29 is 13.0 Å². The highest BCUT2D eigenvalue weighted by atomic mass is 32.2. The largest absolute Gasteiger partial charge is 0.309 e. The molecule has 0 amide bonds. The summed E-state index contributed by atoms with van der Waals surface area (Å²) < 4.78 is 30.2. The van der Waals surface area contributed by atoms with E-state index in [9.17, 15) is 8.42 Å². The normalized spacial score (nSPS) is 14.8. The lowest BCUT2D eigenvalue weighted by Gasteiger charge is -2.13. The van der Waals surface area contributed by atoms with Crippen molar-refractivity contribution >= 4 is 10.1 Å². The van der Waals surface area contributed by atoms with Crippen LogP contribution in [0.5, 0.6) is 0 Å². The third kappa shape index (κ3) is 6.01.